The third-order valence-electron chi connectivity index (χ3n) is 2.02. The van der Waals surface area contributed by atoms with Crippen LogP contribution in [0.15, 0.2) is 29.5 Å². The highest BCUT2D eigenvalue weighted by Crippen LogP contribution is 2.19. The molecule has 0 bridgehead atoms. The van der Waals surface area contributed by atoms with Gasteiger partial charge in [0.2, 0.25) is 0 Å². The first-order valence-corrected chi connectivity index (χ1v) is 4.96. The number of aryl methyl sites for hydroxylation is 1. The Labute approximate surface area is 93.9 Å². The molecule has 0 aromatic heterocycles. The second-order valence-electron chi connectivity index (χ2n) is 3.22. The van der Waals surface area contributed by atoms with Crippen molar-refractivity contribution in [2.24, 2.45) is 5.18 Å². The molecule has 0 aliphatic rings. The highest BCUT2D eigenvalue weighted by Gasteiger charge is 1.99. The van der Waals surface area contributed by atoms with Crippen LogP contribution >= 0.6 is 0 Å². The molecule has 0 heterocycles. The van der Waals surface area contributed by atoms with Crippen LogP contribution in [0.3, 0.4) is 0 Å². The fourth-order valence-electron chi connectivity index (χ4n) is 1.24. The fourth-order valence-corrected chi connectivity index (χ4v) is 1.24. The van der Waals surface area contributed by atoms with Crippen molar-refractivity contribution in [1.82, 2.24) is 0 Å². The van der Waals surface area contributed by atoms with Crippen molar-refractivity contribution in [3.63, 3.8) is 0 Å². The zero-order valence-corrected chi connectivity index (χ0v) is 9.27. The molecule has 0 aliphatic carbocycles. The summed E-state index contributed by atoms with van der Waals surface area (Å²) in [5.74, 6) is -0.377. The van der Waals surface area contributed by atoms with Gasteiger partial charge in [0.1, 0.15) is 5.69 Å². The highest BCUT2D eigenvalue weighted by atomic mass is 16.5. The topological polar surface area (TPSA) is 55.7 Å². The van der Waals surface area contributed by atoms with Crippen molar-refractivity contribution < 1.29 is 9.53 Å². The number of carbonyl (C=O) groups excluding carboxylic acids is 1. The van der Waals surface area contributed by atoms with E-state index in [0.717, 1.165) is 11.1 Å². The Morgan fingerprint density at radius 1 is 1.50 bits per heavy atom. The molecular formula is C12H13NO3. The van der Waals surface area contributed by atoms with Crippen molar-refractivity contribution in [1.29, 1.82) is 0 Å². The maximum absolute atomic E-state index is 11.0. The van der Waals surface area contributed by atoms with Gasteiger partial charge in [-0.1, -0.05) is 6.07 Å². The smallest absolute Gasteiger partial charge is 0.330 e. The molecule has 1 aromatic rings. The minimum atomic E-state index is -0.377. The molecule has 1 aromatic carbocycles. The maximum Gasteiger partial charge on any atom is 0.330 e. The van der Waals surface area contributed by atoms with Crippen molar-refractivity contribution in [2.45, 2.75) is 13.8 Å². The van der Waals surface area contributed by atoms with Gasteiger partial charge in [0.05, 0.1) is 6.61 Å². The summed E-state index contributed by atoms with van der Waals surface area (Å²) in [5.41, 5.74) is 2.02. The number of benzene rings is 1. The average molecular weight is 219 g/mol. The van der Waals surface area contributed by atoms with Gasteiger partial charge in [0.15, 0.2) is 0 Å². The molecule has 0 unspecified atom stereocenters. The van der Waals surface area contributed by atoms with Crippen LogP contribution in [-0.2, 0) is 9.53 Å². The molecule has 4 heteroatoms. The molecule has 0 fully saturated rings. The van der Waals surface area contributed by atoms with E-state index in [4.69, 9.17) is 4.74 Å². The third-order valence-corrected chi connectivity index (χ3v) is 2.02. The van der Waals surface area contributed by atoms with Gasteiger partial charge in [0, 0.05) is 6.08 Å². The quantitative estimate of drug-likeness (QED) is 0.444. The predicted molar refractivity (Wildman–Crippen MR) is 62.3 cm³/mol. The molecule has 0 spiro atoms. The Kier molecular flexibility index (Phi) is 4.39. The van der Waals surface area contributed by atoms with E-state index in [1.165, 1.54) is 6.08 Å². The first-order chi connectivity index (χ1) is 7.67. The molecule has 16 heavy (non-hydrogen) atoms. The molecule has 0 amide bonds. The number of hydrogen-bond acceptors (Lipinski definition) is 4. The Balaban J connectivity index is 2.78. The largest absolute Gasteiger partial charge is 0.463 e. The number of nitrogens with zero attached hydrogens (tertiary/aromatic N) is 1. The zero-order chi connectivity index (χ0) is 12.0. The maximum atomic E-state index is 11.0. The van der Waals surface area contributed by atoms with E-state index in [0.29, 0.717) is 12.3 Å². The number of ether oxygens (including phenoxy) is 1. The lowest BCUT2D eigenvalue weighted by atomic mass is 10.1. The number of esters is 1. The number of rotatable bonds is 4. The summed E-state index contributed by atoms with van der Waals surface area (Å²) in [6, 6.07) is 5.12. The summed E-state index contributed by atoms with van der Waals surface area (Å²) in [6.07, 6.45) is 2.99. The molecule has 0 atom stereocenters. The van der Waals surface area contributed by atoms with E-state index in [1.807, 2.05) is 0 Å². The Morgan fingerprint density at radius 2 is 2.25 bits per heavy atom. The molecule has 0 radical (unpaired) electrons. The molecule has 0 saturated heterocycles. The van der Waals surface area contributed by atoms with Gasteiger partial charge in [-0.25, -0.2) is 4.79 Å². The van der Waals surface area contributed by atoms with Crippen molar-refractivity contribution in [3.05, 3.63) is 40.3 Å². The van der Waals surface area contributed by atoms with E-state index >= 15 is 0 Å². The molecule has 0 aliphatic heterocycles. The van der Waals surface area contributed by atoms with E-state index in [9.17, 15) is 9.70 Å². The van der Waals surface area contributed by atoms with Crippen LogP contribution in [0.4, 0.5) is 5.69 Å². The normalized spacial score (nSPS) is 10.4. The number of carbonyl (C=O) groups is 1. The lowest BCUT2D eigenvalue weighted by Gasteiger charge is -1.99. The summed E-state index contributed by atoms with van der Waals surface area (Å²) in [5, 5.41) is 2.87. The van der Waals surface area contributed by atoms with Crippen molar-refractivity contribution in [3.8, 4) is 0 Å². The standard InChI is InChI=1S/C12H13NO3/c1-3-16-12(14)7-5-10-4-6-11(13-15)9(2)8-10/h4-8H,3H2,1-2H3/b7-5+. The van der Waals surface area contributed by atoms with Crippen LogP contribution in [0.2, 0.25) is 0 Å². The molecule has 0 saturated carbocycles. The van der Waals surface area contributed by atoms with Crippen molar-refractivity contribution >= 4 is 17.7 Å². The molecular weight excluding hydrogens is 206 g/mol. The van der Waals surface area contributed by atoms with Gasteiger partial charge in [-0.3, -0.25) is 0 Å². The van der Waals surface area contributed by atoms with Gasteiger partial charge < -0.3 is 4.74 Å². The van der Waals surface area contributed by atoms with E-state index < -0.39 is 0 Å². The molecule has 4 nitrogen and oxygen atoms in total. The Bertz CT molecular complexity index is 424. The number of hydrogen-bond donors (Lipinski definition) is 0. The van der Waals surface area contributed by atoms with Gasteiger partial charge in [0.25, 0.3) is 0 Å². The van der Waals surface area contributed by atoms with Crippen LogP contribution in [-0.4, -0.2) is 12.6 Å². The van der Waals surface area contributed by atoms with E-state index in [-0.39, 0.29) is 5.97 Å². The second-order valence-corrected chi connectivity index (χ2v) is 3.22. The van der Waals surface area contributed by atoms with E-state index in [2.05, 4.69) is 5.18 Å². The van der Waals surface area contributed by atoms with Gasteiger partial charge in [-0.05, 0) is 48.4 Å². The Hall–Kier alpha value is -1.97. The van der Waals surface area contributed by atoms with Gasteiger partial charge in [-0.15, -0.1) is 4.91 Å². The minimum absolute atomic E-state index is 0.357. The van der Waals surface area contributed by atoms with Crippen molar-refractivity contribution in [2.75, 3.05) is 6.61 Å². The number of nitroso groups, excluding NO2 is 1. The highest BCUT2D eigenvalue weighted by molar-refractivity contribution is 5.87. The van der Waals surface area contributed by atoms with Crippen LogP contribution in [0.1, 0.15) is 18.1 Å². The van der Waals surface area contributed by atoms with Gasteiger partial charge in [-0.2, -0.15) is 0 Å². The predicted octanol–water partition coefficient (Wildman–Crippen LogP) is 2.97. The zero-order valence-electron chi connectivity index (χ0n) is 9.27. The fraction of sp³-hybridized carbons (Fsp3) is 0.250. The van der Waals surface area contributed by atoms with Crippen LogP contribution < -0.4 is 0 Å². The minimum Gasteiger partial charge on any atom is -0.463 e. The second kappa shape index (κ2) is 5.80. The van der Waals surface area contributed by atoms with Crippen LogP contribution in [0.5, 0.6) is 0 Å². The first kappa shape index (κ1) is 12.1. The molecule has 1 rings (SSSR count). The molecule has 0 N–H and O–H groups in total. The van der Waals surface area contributed by atoms with Crippen LogP contribution in [0.25, 0.3) is 6.08 Å². The van der Waals surface area contributed by atoms with Crippen LogP contribution in [0, 0.1) is 11.8 Å². The Morgan fingerprint density at radius 3 is 2.81 bits per heavy atom. The summed E-state index contributed by atoms with van der Waals surface area (Å²) in [6.45, 7) is 3.90. The SMILES string of the molecule is CCOC(=O)/C=C/c1ccc(N=O)c(C)c1. The van der Waals surface area contributed by atoms with E-state index in [1.54, 1.807) is 38.1 Å². The molecule has 84 valence electrons. The lowest BCUT2D eigenvalue weighted by molar-refractivity contribution is -0.137. The summed E-state index contributed by atoms with van der Waals surface area (Å²) < 4.78 is 4.74. The summed E-state index contributed by atoms with van der Waals surface area (Å²) in [4.78, 5) is 21.4. The first-order valence-electron chi connectivity index (χ1n) is 4.96. The summed E-state index contributed by atoms with van der Waals surface area (Å²) >= 11 is 0. The monoisotopic (exact) mass is 219 g/mol. The lowest BCUT2D eigenvalue weighted by Crippen LogP contribution is -1.98. The van der Waals surface area contributed by atoms with Gasteiger partial charge >= 0.3 is 5.97 Å². The average Bonchev–Trinajstić information content (AvgIpc) is 2.27. The third kappa shape index (κ3) is 3.31. The summed E-state index contributed by atoms with van der Waals surface area (Å²) in [7, 11) is 0.